The Morgan fingerprint density at radius 3 is 2.70 bits per heavy atom. The van der Waals surface area contributed by atoms with Crippen LogP contribution in [0.25, 0.3) is 11.1 Å². The van der Waals surface area contributed by atoms with Crippen LogP contribution in [0, 0.1) is 6.92 Å². The van der Waals surface area contributed by atoms with Gasteiger partial charge in [0.05, 0.1) is 17.9 Å². The van der Waals surface area contributed by atoms with Gasteiger partial charge in [-0.3, -0.25) is 9.88 Å². The van der Waals surface area contributed by atoms with E-state index in [1.807, 2.05) is 12.4 Å². The molecule has 0 unspecified atom stereocenters. The molecule has 5 rings (SSSR count). The summed E-state index contributed by atoms with van der Waals surface area (Å²) in [5.74, 6) is 0. The van der Waals surface area contributed by atoms with Gasteiger partial charge in [-0.1, -0.05) is 24.3 Å². The molecule has 102 valence electrons. The molecule has 0 radical (unpaired) electrons. The highest BCUT2D eigenvalue weighted by Gasteiger charge is 2.36. The third kappa shape index (κ3) is 1.90. The zero-order chi connectivity index (χ0) is 13.5. The van der Waals surface area contributed by atoms with Gasteiger partial charge in [0.1, 0.15) is 0 Å². The number of hydrogen-bond acceptors (Lipinski definition) is 3. The number of rotatable bonds is 2. The Morgan fingerprint density at radius 1 is 1.10 bits per heavy atom. The first-order valence-corrected chi connectivity index (χ1v) is 7.31. The van der Waals surface area contributed by atoms with Gasteiger partial charge in [0, 0.05) is 37.9 Å². The van der Waals surface area contributed by atoms with Crippen LogP contribution in [0.15, 0.2) is 42.7 Å². The average Bonchev–Trinajstić information content (AvgIpc) is 2.47. The summed E-state index contributed by atoms with van der Waals surface area (Å²) in [7, 11) is 0. The number of nitrogens with zero attached hydrogens (tertiary/aromatic N) is 3. The van der Waals surface area contributed by atoms with Gasteiger partial charge in [-0.25, -0.2) is 0 Å². The number of hydrogen-bond donors (Lipinski definition) is 0. The van der Waals surface area contributed by atoms with Crippen molar-refractivity contribution in [1.82, 2.24) is 9.88 Å². The number of aryl methyl sites for hydroxylation is 1. The molecule has 2 bridgehead atoms. The van der Waals surface area contributed by atoms with Crippen LogP contribution < -0.4 is 4.90 Å². The number of piperazine rings is 2. The number of pyridine rings is 1. The van der Waals surface area contributed by atoms with Crippen LogP contribution in [0.1, 0.15) is 5.56 Å². The molecule has 4 heterocycles. The maximum Gasteiger partial charge on any atom is 0.0562 e. The minimum absolute atomic E-state index is 0.692. The number of benzene rings is 1. The first kappa shape index (κ1) is 11.9. The van der Waals surface area contributed by atoms with E-state index < -0.39 is 0 Å². The predicted molar refractivity (Wildman–Crippen MR) is 82.0 cm³/mol. The molecule has 0 saturated carbocycles. The van der Waals surface area contributed by atoms with E-state index in [0.717, 1.165) is 6.54 Å². The maximum atomic E-state index is 4.47. The van der Waals surface area contributed by atoms with Crippen molar-refractivity contribution in [2.24, 2.45) is 0 Å². The van der Waals surface area contributed by atoms with Crippen LogP contribution in [-0.4, -0.2) is 42.1 Å². The summed E-state index contributed by atoms with van der Waals surface area (Å²) in [5.41, 5.74) is 5.09. The molecule has 1 aromatic carbocycles. The lowest BCUT2D eigenvalue weighted by molar-refractivity contribution is 0.110. The lowest BCUT2D eigenvalue weighted by Gasteiger charge is -2.52. The Morgan fingerprint density at radius 2 is 1.95 bits per heavy atom. The summed E-state index contributed by atoms with van der Waals surface area (Å²) < 4.78 is 0. The zero-order valence-electron chi connectivity index (χ0n) is 11.8. The minimum atomic E-state index is 0.692. The third-order valence-corrected chi connectivity index (χ3v) is 4.55. The smallest absolute Gasteiger partial charge is 0.0562 e. The van der Waals surface area contributed by atoms with Crippen LogP contribution in [-0.2, 0) is 0 Å². The highest BCUT2D eigenvalue weighted by molar-refractivity contribution is 5.70. The van der Waals surface area contributed by atoms with Crippen molar-refractivity contribution in [2.45, 2.75) is 13.0 Å². The second-order valence-electron chi connectivity index (χ2n) is 5.85. The topological polar surface area (TPSA) is 19.4 Å². The van der Waals surface area contributed by atoms with Gasteiger partial charge in [0.25, 0.3) is 0 Å². The highest BCUT2D eigenvalue weighted by Crippen LogP contribution is 2.30. The van der Waals surface area contributed by atoms with E-state index >= 15 is 0 Å². The lowest BCUT2D eigenvalue weighted by Crippen LogP contribution is -2.66. The van der Waals surface area contributed by atoms with Crippen molar-refractivity contribution < 1.29 is 0 Å². The monoisotopic (exact) mass is 265 g/mol. The summed E-state index contributed by atoms with van der Waals surface area (Å²) in [6.45, 7) is 6.91. The quantitative estimate of drug-likeness (QED) is 0.832. The number of fused-ring (bicyclic) bond motifs is 2. The molecule has 0 atom stereocenters. The van der Waals surface area contributed by atoms with Crippen molar-refractivity contribution in [3.63, 3.8) is 0 Å². The molecular weight excluding hydrogens is 246 g/mol. The maximum absolute atomic E-state index is 4.47. The predicted octanol–water partition coefficient (Wildman–Crippen LogP) is 2.56. The van der Waals surface area contributed by atoms with Crippen LogP contribution in [0.4, 0.5) is 5.69 Å². The molecule has 20 heavy (non-hydrogen) atoms. The molecular formula is C17H19N3. The molecule has 3 aliphatic rings. The summed E-state index contributed by atoms with van der Waals surface area (Å²) in [6, 6.07) is 11.5. The van der Waals surface area contributed by atoms with Crippen molar-refractivity contribution in [2.75, 3.05) is 31.1 Å². The van der Waals surface area contributed by atoms with Gasteiger partial charge < -0.3 is 4.90 Å². The second kappa shape index (κ2) is 4.60. The van der Waals surface area contributed by atoms with E-state index in [2.05, 4.69) is 52.0 Å². The van der Waals surface area contributed by atoms with Gasteiger partial charge in [0.2, 0.25) is 0 Å². The number of aromatic nitrogens is 1. The first-order chi connectivity index (χ1) is 9.81. The van der Waals surface area contributed by atoms with Crippen LogP contribution in [0.2, 0.25) is 0 Å². The fraction of sp³-hybridized carbons (Fsp3) is 0.353. The van der Waals surface area contributed by atoms with Crippen molar-refractivity contribution in [3.8, 4) is 11.1 Å². The summed E-state index contributed by atoms with van der Waals surface area (Å²) in [6.07, 6.45) is 3.98. The summed E-state index contributed by atoms with van der Waals surface area (Å²) in [4.78, 5) is 9.51. The van der Waals surface area contributed by atoms with Gasteiger partial charge >= 0.3 is 0 Å². The number of anilines is 1. The Kier molecular flexibility index (Phi) is 2.74. The fourth-order valence-corrected chi connectivity index (χ4v) is 3.32. The highest BCUT2D eigenvalue weighted by atomic mass is 15.4. The largest absolute Gasteiger partial charge is 0.363 e. The van der Waals surface area contributed by atoms with E-state index in [0.29, 0.717) is 6.04 Å². The Hall–Kier alpha value is -1.87. The van der Waals surface area contributed by atoms with E-state index in [9.17, 15) is 0 Å². The summed E-state index contributed by atoms with van der Waals surface area (Å²) in [5, 5.41) is 0. The van der Waals surface area contributed by atoms with Gasteiger partial charge in [-0.05, 0) is 24.1 Å². The van der Waals surface area contributed by atoms with Gasteiger partial charge in [0.15, 0.2) is 0 Å². The Balaban J connectivity index is 1.69. The standard InChI is InChI=1S/C17H19N3/c1-13-4-2-3-5-17(13)14-8-15(10-18-9-14)20-7-6-19-11-16(20)12-19/h2-5,8-10,16H,6-7,11-12H2,1H3. The van der Waals surface area contributed by atoms with E-state index in [1.54, 1.807) is 0 Å². The van der Waals surface area contributed by atoms with Crippen LogP contribution >= 0.6 is 0 Å². The molecule has 3 nitrogen and oxygen atoms in total. The zero-order valence-corrected chi connectivity index (χ0v) is 11.8. The van der Waals surface area contributed by atoms with Crippen LogP contribution in [0.3, 0.4) is 0 Å². The molecule has 0 aliphatic carbocycles. The molecule has 2 aromatic rings. The molecule has 3 saturated heterocycles. The van der Waals surface area contributed by atoms with Crippen molar-refractivity contribution in [3.05, 3.63) is 48.3 Å². The lowest BCUT2D eigenvalue weighted by atomic mass is 9.99. The SMILES string of the molecule is Cc1ccccc1-c1cncc(N2CCN3CC2C3)c1. The summed E-state index contributed by atoms with van der Waals surface area (Å²) >= 11 is 0. The van der Waals surface area contributed by atoms with E-state index in [-0.39, 0.29) is 0 Å². The third-order valence-electron chi connectivity index (χ3n) is 4.55. The van der Waals surface area contributed by atoms with E-state index in [1.165, 1.54) is 42.0 Å². The Bertz CT molecular complexity index is 629. The molecule has 3 aliphatic heterocycles. The second-order valence-corrected chi connectivity index (χ2v) is 5.85. The molecule has 0 N–H and O–H groups in total. The Labute approximate surface area is 119 Å². The molecule has 1 aromatic heterocycles. The molecule has 0 spiro atoms. The first-order valence-electron chi connectivity index (χ1n) is 7.31. The van der Waals surface area contributed by atoms with Crippen molar-refractivity contribution in [1.29, 1.82) is 0 Å². The van der Waals surface area contributed by atoms with Gasteiger partial charge in [-0.15, -0.1) is 0 Å². The average molecular weight is 265 g/mol. The van der Waals surface area contributed by atoms with Crippen molar-refractivity contribution >= 4 is 5.69 Å². The molecule has 3 heteroatoms. The minimum Gasteiger partial charge on any atom is -0.363 e. The molecule has 0 amide bonds. The van der Waals surface area contributed by atoms with Gasteiger partial charge in [-0.2, -0.15) is 0 Å². The fourth-order valence-electron chi connectivity index (χ4n) is 3.32. The molecule has 3 fully saturated rings. The van der Waals surface area contributed by atoms with E-state index in [4.69, 9.17) is 0 Å². The normalized spacial score (nSPS) is 24.4. The van der Waals surface area contributed by atoms with Crippen LogP contribution in [0.5, 0.6) is 0 Å².